The molecule has 90 valence electrons. The first kappa shape index (κ1) is 12.6. The van der Waals surface area contributed by atoms with Crippen LogP contribution in [0.5, 0.6) is 11.5 Å². The van der Waals surface area contributed by atoms with E-state index < -0.39 is 6.36 Å². The summed E-state index contributed by atoms with van der Waals surface area (Å²) in [4.78, 5) is 0. The van der Waals surface area contributed by atoms with E-state index in [0.717, 1.165) is 0 Å². The lowest BCUT2D eigenvalue weighted by atomic mass is 10.2. The number of benzene rings is 1. The summed E-state index contributed by atoms with van der Waals surface area (Å²) in [5, 5.41) is 2.76. The lowest BCUT2D eigenvalue weighted by Crippen LogP contribution is -2.19. The topological polar surface area (TPSA) is 30.5 Å². The first-order valence-electron chi connectivity index (χ1n) is 4.53. The molecular weight excluding hydrogens is 223 g/mol. The van der Waals surface area contributed by atoms with Crippen molar-refractivity contribution in [1.29, 1.82) is 0 Å². The van der Waals surface area contributed by atoms with Crippen molar-refractivity contribution < 1.29 is 22.6 Å². The van der Waals surface area contributed by atoms with Gasteiger partial charge in [-0.2, -0.15) is 0 Å². The van der Waals surface area contributed by atoms with Crippen molar-refractivity contribution in [3.8, 4) is 11.5 Å². The van der Waals surface area contributed by atoms with Gasteiger partial charge >= 0.3 is 6.36 Å². The van der Waals surface area contributed by atoms with Crippen LogP contribution < -0.4 is 14.8 Å². The van der Waals surface area contributed by atoms with Crippen molar-refractivity contribution in [2.75, 3.05) is 14.2 Å². The van der Waals surface area contributed by atoms with Crippen molar-refractivity contribution in [3.05, 3.63) is 23.8 Å². The standard InChI is InChI=1S/C10H12F3NO2/c1-14-6-7-3-4-8(15-2)5-9(7)16-10(11,12)13/h3-5,14H,6H2,1-2H3. The van der Waals surface area contributed by atoms with Gasteiger partial charge in [-0.15, -0.1) is 13.2 Å². The van der Waals surface area contributed by atoms with Crippen molar-refractivity contribution >= 4 is 0 Å². The Morgan fingerprint density at radius 2 is 2.00 bits per heavy atom. The molecule has 1 rings (SSSR count). The molecule has 0 aliphatic carbocycles. The van der Waals surface area contributed by atoms with E-state index in [1.165, 1.54) is 19.2 Å². The van der Waals surface area contributed by atoms with E-state index in [-0.39, 0.29) is 12.3 Å². The Hall–Kier alpha value is -1.43. The third-order valence-electron chi connectivity index (χ3n) is 1.87. The van der Waals surface area contributed by atoms with Crippen molar-refractivity contribution in [1.82, 2.24) is 5.32 Å². The van der Waals surface area contributed by atoms with E-state index in [4.69, 9.17) is 4.74 Å². The molecule has 6 heteroatoms. The van der Waals surface area contributed by atoms with Gasteiger partial charge in [0.15, 0.2) is 0 Å². The van der Waals surface area contributed by atoms with Gasteiger partial charge in [0.1, 0.15) is 11.5 Å². The molecule has 3 nitrogen and oxygen atoms in total. The summed E-state index contributed by atoms with van der Waals surface area (Å²) in [5.41, 5.74) is 0.417. The molecule has 0 unspecified atom stereocenters. The molecule has 1 aromatic rings. The van der Waals surface area contributed by atoms with Gasteiger partial charge < -0.3 is 14.8 Å². The molecule has 0 aromatic heterocycles. The molecule has 0 saturated heterocycles. The summed E-state index contributed by atoms with van der Waals surface area (Å²) in [5.74, 6) is 0.0697. The molecule has 0 amide bonds. The molecule has 0 aliphatic rings. The second-order valence-corrected chi connectivity index (χ2v) is 3.05. The summed E-state index contributed by atoms with van der Waals surface area (Å²) in [7, 11) is 3.02. The number of hydrogen-bond donors (Lipinski definition) is 1. The molecule has 0 atom stereocenters. The van der Waals surface area contributed by atoms with Crippen LogP contribution in [-0.2, 0) is 6.54 Å². The summed E-state index contributed by atoms with van der Waals surface area (Å²) in [6, 6.07) is 4.31. The van der Waals surface area contributed by atoms with Gasteiger partial charge in [-0.3, -0.25) is 0 Å². The predicted molar refractivity (Wildman–Crippen MR) is 52.4 cm³/mol. The van der Waals surface area contributed by atoms with Gasteiger partial charge in [-0.05, 0) is 13.1 Å². The molecule has 0 heterocycles. The van der Waals surface area contributed by atoms with Crippen LogP contribution >= 0.6 is 0 Å². The zero-order valence-corrected chi connectivity index (χ0v) is 8.89. The zero-order chi connectivity index (χ0) is 12.2. The molecule has 0 spiro atoms. The van der Waals surface area contributed by atoms with E-state index in [1.54, 1.807) is 13.1 Å². The zero-order valence-electron chi connectivity index (χ0n) is 8.89. The monoisotopic (exact) mass is 235 g/mol. The Morgan fingerprint density at radius 3 is 2.50 bits per heavy atom. The maximum atomic E-state index is 12.1. The Bertz CT molecular complexity index is 352. The highest BCUT2D eigenvalue weighted by molar-refractivity contribution is 5.40. The molecule has 0 fully saturated rings. The largest absolute Gasteiger partial charge is 0.573 e. The number of hydrogen-bond acceptors (Lipinski definition) is 3. The minimum absolute atomic E-state index is 0.249. The number of halogens is 3. The van der Waals surface area contributed by atoms with Crippen LogP contribution in [0.15, 0.2) is 18.2 Å². The van der Waals surface area contributed by atoms with Crippen LogP contribution in [0.3, 0.4) is 0 Å². The normalized spacial score (nSPS) is 11.3. The molecular formula is C10H12F3NO2. The fourth-order valence-electron chi connectivity index (χ4n) is 1.22. The van der Waals surface area contributed by atoms with Gasteiger partial charge in [0.2, 0.25) is 0 Å². The van der Waals surface area contributed by atoms with E-state index in [1.807, 2.05) is 0 Å². The van der Waals surface area contributed by atoms with Crippen LogP contribution in [0.2, 0.25) is 0 Å². The van der Waals surface area contributed by atoms with Crippen LogP contribution in [0, 0.1) is 0 Å². The average molecular weight is 235 g/mol. The van der Waals surface area contributed by atoms with Crippen LogP contribution in [-0.4, -0.2) is 20.5 Å². The highest BCUT2D eigenvalue weighted by Crippen LogP contribution is 2.29. The van der Waals surface area contributed by atoms with E-state index in [2.05, 4.69) is 10.1 Å². The van der Waals surface area contributed by atoms with E-state index in [0.29, 0.717) is 11.3 Å². The van der Waals surface area contributed by atoms with Crippen molar-refractivity contribution in [2.24, 2.45) is 0 Å². The first-order valence-corrected chi connectivity index (χ1v) is 4.53. The van der Waals surface area contributed by atoms with E-state index >= 15 is 0 Å². The molecule has 16 heavy (non-hydrogen) atoms. The summed E-state index contributed by atoms with van der Waals surface area (Å²) in [6.45, 7) is 0.287. The number of methoxy groups -OCH3 is 1. The minimum atomic E-state index is -4.70. The number of alkyl halides is 3. The SMILES string of the molecule is CNCc1ccc(OC)cc1OC(F)(F)F. The lowest BCUT2D eigenvalue weighted by molar-refractivity contribution is -0.274. The smallest absolute Gasteiger partial charge is 0.497 e. The Kier molecular flexibility index (Phi) is 4.00. The maximum Gasteiger partial charge on any atom is 0.573 e. The van der Waals surface area contributed by atoms with Gasteiger partial charge in [0.25, 0.3) is 0 Å². The quantitative estimate of drug-likeness (QED) is 0.868. The lowest BCUT2D eigenvalue weighted by Gasteiger charge is -2.14. The highest BCUT2D eigenvalue weighted by Gasteiger charge is 2.32. The molecule has 0 bridgehead atoms. The molecule has 0 aliphatic heterocycles. The summed E-state index contributed by atoms with van der Waals surface area (Å²) >= 11 is 0. The van der Waals surface area contributed by atoms with Gasteiger partial charge in [0, 0.05) is 18.2 Å². The summed E-state index contributed by atoms with van der Waals surface area (Å²) in [6.07, 6.45) is -4.70. The third-order valence-corrected chi connectivity index (χ3v) is 1.87. The second kappa shape index (κ2) is 5.07. The van der Waals surface area contributed by atoms with Crippen LogP contribution in [0.1, 0.15) is 5.56 Å². The minimum Gasteiger partial charge on any atom is -0.497 e. The first-order chi connectivity index (χ1) is 7.46. The third kappa shape index (κ3) is 3.62. The van der Waals surface area contributed by atoms with E-state index in [9.17, 15) is 13.2 Å². The molecule has 0 radical (unpaired) electrons. The van der Waals surface area contributed by atoms with Crippen LogP contribution in [0.4, 0.5) is 13.2 Å². The fraction of sp³-hybridized carbons (Fsp3) is 0.400. The van der Waals surface area contributed by atoms with Crippen molar-refractivity contribution in [2.45, 2.75) is 12.9 Å². The molecule has 1 N–H and O–H groups in total. The van der Waals surface area contributed by atoms with Crippen molar-refractivity contribution in [3.63, 3.8) is 0 Å². The highest BCUT2D eigenvalue weighted by atomic mass is 19.4. The predicted octanol–water partition coefficient (Wildman–Crippen LogP) is 2.31. The number of nitrogens with one attached hydrogen (secondary N) is 1. The Morgan fingerprint density at radius 1 is 1.31 bits per heavy atom. The average Bonchev–Trinajstić information content (AvgIpc) is 2.18. The molecule has 0 saturated carbocycles. The van der Waals surface area contributed by atoms with Gasteiger partial charge in [-0.1, -0.05) is 6.07 Å². The van der Waals surface area contributed by atoms with Gasteiger partial charge in [-0.25, -0.2) is 0 Å². The number of ether oxygens (including phenoxy) is 2. The Balaban J connectivity index is 3.00. The maximum absolute atomic E-state index is 12.1. The molecule has 1 aromatic carbocycles. The van der Waals surface area contributed by atoms with Gasteiger partial charge in [0.05, 0.1) is 7.11 Å². The second-order valence-electron chi connectivity index (χ2n) is 3.05. The Labute approximate surface area is 91.2 Å². The fourth-order valence-corrected chi connectivity index (χ4v) is 1.22. The van der Waals surface area contributed by atoms with Crippen LogP contribution in [0.25, 0.3) is 0 Å². The number of rotatable bonds is 4. The summed E-state index contributed by atoms with van der Waals surface area (Å²) < 4.78 is 45.1.